The van der Waals surface area contributed by atoms with Crippen LogP contribution in [0.2, 0.25) is 0 Å². The van der Waals surface area contributed by atoms with Gasteiger partial charge < -0.3 is 4.74 Å². The first-order valence-electron chi connectivity index (χ1n) is 6.73. The molecule has 1 aromatic carbocycles. The highest BCUT2D eigenvalue weighted by molar-refractivity contribution is 6.18. The van der Waals surface area contributed by atoms with Crippen molar-refractivity contribution in [1.29, 1.82) is 0 Å². The SMILES string of the molecule is Fc1ccccc1C(CCl)CCCC1CCCO1. The fourth-order valence-electron chi connectivity index (χ4n) is 2.59. The fourth-order valence-corrected chi connectivity index (χ4v) is 2.91. The summed E-state index contributed by atoms with van der Waals surface area (Å²) in [5, 5.41) is 0. The Bertz CT molecular complexity index is 363. The Morgan fingerprint density at radius 1 is 1.39 bits per heavy atom. The molecule has 18 heavy (non-hydrogen) atoms. The molecule has 1 heterocycles. The van der Waals surface area contributed by atoms with Crippen molar-refractivity contribution in [3.05, 3.63) is 35.6 Å². The summed E-state index contributed by atoms with van der Waals surface area (Å²) >= 11 is 5.97. The predicted molar refractivity (Wildman–Crippen MR) is 72.7 cm³/mol. The van der Waals surface area contributed by atoms with Gasteiger partial charge in [-0.3, -0.25) is 0 Å². The van der Waals surface area contributed by atoms with Crippen LogP contribution in [0.15, 0.2) is 24.3 Å². The maximum Gasteiger partial charge on any atom is 0.126 e. The molecule has 0 aliphatic carbocycles. The van der Waals surface area contributed by atoms with Gasteiger partial charge in [0.2, 0.25) is 0 Å². The van der Waals surface area contributed by atoms with Crippen molar-refractivity contribution in [3.63, 3.8) is 0 Å². The van der Waals surface area contributed by atoms with Crippen LogP contribution in [-0.4, -0.2) is 18.6 Å². The Morgan fingerprint density at radius 3 is 2.89 bits per heavy atom. The summed E-state index contributed by atoms with van der Waals surface area (Å²) in [4.78, 5) is 0. The van der Waals surface area contributed by atoms with E-state index in [-0.39, 0.29) is 11.7 Å². The standard InChI is InChI=1S/C15H20ClFO/c16-11-12(14-8-1-2-9-15(14)17)5-3-6-13-7-4-10-18-13/h1-2,8-9,12-13H,3-7,10-11H2. The van der Waals surface area contributed by atoms with Crippen molar-refractivity contribution < 1.29 is 9.13 Å². The number of hydrogen-bond acceptors (Lipinski definition) is 1. The normalized spacial score (nSPS) is 21.1. The molecule has 1 fully saturated rings. The highest BCUT2D eigenvalue weighted by atomic mass is 35.5. The van der Waals surface area contributed by atoms with E-state index in [4.69, 9.17) is 16.3 Å². The summed E-state index contributed by atoms with van der Waals surface area (Å²) in [6.45, 7) is 0.900. The second-order valence-electron chi connectivity index (χ2n) is 4.94. The summed E-state index contributed by atoms with van der Waals surface area (Å²) in [6.07, 6.45) is 5.83. The van der Waals surface area contributed by atoms with E-state index in [2.05, 4.69) is 0 Å². The molecule has 0 amide bonds. The number of hydrogen-bond donors (Lipinski definition) is 0. The van der Waals surface area contributed by atoms with E-state index >= 15 is 0 Å². The average molecular weight is 271 g/mol. The van der Waals surface area contributed by atoms with Gasteiger partial charge in [0.1, 0.15) is 5.82 Å². The molecule has 0 bridgehead atoms. The minimum absolute atomic E-state index is 0.120. The Morgan fingerprint density at radius 2 is 2.22 bits per heavy atom. The van der Waals surface area contributed by atoms with E-state index in [1.165, 1.54) is 18.9 Å². The van der Waals surface area contributed by atoms with E-state index in [1.807, 2.05) is 12.1 Å². The van der Waals surface area contributed by atoms with Crippen LogP contribution in [0.4, 0.5) is 4.39 Å². The molecule has 1 saturated heterocycles. The minimum atomic E-state index is -0.139. The molecule has 1 aliphatic rings. The number of ether oxygens (including phenoxy) is 1. The van der Waals surface area contributed by atoms with Gasteiger partial charge in [-0.15, -0.1) is 11.6 Å². The molecule has 0 spiro atoms. The number of rotatable bonds is 6. The third-order valence-electron chi connectivity index (χ3n) is 3.63. The van der Waals surface area contributed by atoms with Crippen molar-refractivity contribution in [2.75, 3.05) is 12.5 Å². The van der Waals surface area contributed by atoms with Crippen molar-refractivity contribution in [1.82, 2.24) is 0 Å². The Labute approximate surface area is 113 Å². The van der Waals surface area contributed by atoms with Gasteiger partial charge >= 0.3 is 0 Å². The molecule has 1 aliphatic heterocycles. The van der Waals surface area contributed by atoms with Crippen molar-refractivity contribution in [2.45, 2.75) is 44.1 Å². The Balaban J connectivity index is 1.83. The first-order valence-corrected chi connectivity index (χ1v) is 7.26. The highest BCUT2D eigenvalue weighted by Crippen LogP contribution is 2.27. The molecule has 2 atom stereocenters. The van der Waals surface area contributed by atoms with E-state index in [9.17, 15) is 4.39 Å². The molecule has 0 N–H and O–H groups in total. The zero-order chi connectivity index (χ0) is 12.8. The number of benzene rings is 1. The fraction of sp³-hybridized carbons (Fsp3) is 0.600. The zero-order valence-electron chi connectivity index (χ0n) is 10.6. The van der Waals surface area contributed by atoms with Gasteiger partial charge in [-0.05, 0) is 37.3 Å². The molecule has 3 heteroatoms. The summed E-state index contributed by atoms with van der Waals surface area (Å²) in [7, 11) is 0. The van der Waals surface area contributed by atoms with Gasteiger partial charge in [-0.1, -0.05) is 24.6 Å². The maximum atomic E-state index is 13.7. The number of halogens is 2. The Hall–Kier alpha value is -0.600. The van der Waals surface area contributed by atoms with Crippen LogP contribution in [0.3, 0.4) is 0 Å². The number of alkyl halides is 1. The van der Waals surface area contributed by atoms with Gasteiger partial charge in [0.15, 0.2) is 0 Å². The quantitative estimate of drug-likeness (QED) is 0.692. The molecular weight excluding hydrogens is 251 g/mol. The van der Waals surface area contributed by atoms with Crippen LogP contribution >= 0.6 is 11.6 Å². The molecule has 2 unspecified atom stereocenters. The Kier molecular flexibility index (Phi) is 5.45. The van der Waals surface area contributed by atoms with Gasteiger partial charge in [-0.25, -0.2) is 4.39 Å². The van der Waals surface area contributed by atoms with Crippen LogP contribution in [0.25, 0.3) is 0 Å². The van der Waals surface area contributed by atoms with Crippen molar-refractivity contribution in [2.24, 2.45) is 0 Å². The molecule has 0 saturated carbocycles. The lowest BCUT2D eigenvalue weighted by molar-refractivity contribution is 0.102. The van der Waals surface area contributed by atoms with Crippen LogP contribution < -0.4 is 0 Å². The van der Waals surface area contributed by atoms with Gasteiger partial charge in [-0.2, -0.15) is 0 Å². The summed E-state index contributed by atoms with van der Waals surface area (Å²) in [6, 6.07) is 6.94. The molecule has 0 aromatic heterocycles. The molecular formula is C15H20ClFO. The molecule has 0 radical (unpaired) electrons. The van der Waals surface area contributed by atoms with Crippen LogP contribution in [0.1, 0.15) is 43.6 Å². The summed E-state index contributed by atoms with van der Waals surface area (Å²) < 4.78 is 19.3. The van der Waals surface area contributed by atoms with Crippen LogP contribution in [0, 0.1) is 5.82 Å². The zero-order valence-corrected chi connectivity index (χ0v) is 11.3. The lowest BCUT2D eigenvalue weighted by Crippen LogP contribution is -2.08. The van der Waals surface area contributed by atoms with Crippen LogP contribution in [-0.2, 0) is 4.74 Å². The predicted octanol–water partition coefficient (Wildman–Crippen LogP) is 4.50. The third-order valence-corrected chi connectivity index (χ3v) is 4.01. The summed E-state index contributed by atoms with van der Waals surface area (Å²) in [5.74, 6) is 0.460. The van der Waals surface area contributed by atoms with Crippen molar-refractivity contribution in [3.8, 4) is 0 Å². The van der Waals surface area contributed by atoms with Crippen LogP contribution in [0.5, 0.6) is 0 Å². The van der Waals surface area contributed by atoms with E-state index in [0.717, 1.165) is 31.4 Å². The van der Waals surface area contributed by atoms with E-state index in [1.54, 1.807) is 6.07 Å². The lowest BCUT2D eigenvalue weighted by Gasteiger charge is -2.16. The monoisotopic (exact) mass is 270 g/mol. The average Bonchev–Trinajstić information content (AvgIpc) is 2.89. The van der Waals surface area contributed by atoms with E-state index in [0.29, 0.717) is 12.0 Å². The highest BCUT2D eigenvalue weighted by Gasteiger charge is 2.18. The van der Waals surface area contributed by atoms with Gasteiger partial charge in [0, 0.05) is 18.4 Å². The summed E-state index contributed by atoms with van der Waals surface area (Å²) in [5.41, 5.74) is 0.750. The third kappa shape index (κ3) is 3.69. The first-order chi connectivity index (χ1) is 8.81. The molecule has 1 nitrogen and oxygen atoms in total. The maximum absolute atomic E-state index is 13.7. The van der Waals surface area contributed by atoms with E-state index < -0.39 is 0 Å². The van der Waals surface area contributed by atoms with Crippen molar-refractivity contribution >= 4 is 11.6 Å². The smallest absolute Gasteiger partial charge is 0.126 e. The second-order valence-corrected chi connectivity index (χ2v) is 5.25. The topological polar surface area (TPSA) is 9.23 Å². The second kappa shape index (κ2) is 7.10. The molecule has 1 aromatic rings. The molecule has 100 valence electrons. The first kappa shape index (κ1) is 13.8. The largest absolute Gasteiger partial charge is 0.378 e. The molecule has 2 rings (SSSR count). The minimum Gasteiger partial charge on any atom is -0.378 e. The lowest BCUT2D eigenvalue weighted by atomic mass is 9.94. The van der Waals surface area contributed by atoms with Gasteiger partial charge in [0.05, 0.1) is 6.10 Å². The van der Waals surface area contributed by atoms with Gasteiger partial charge in [0.25, 0.3) is 0 Å².